The molecule has 3 rings (SSSR count). The van der Waals surface area contributed by atoms with Crippen molar-refractivity contribution >= 4 is 5.97 Å². The summed E-state index contributed by atoms with van der Waals surface area (Å²) in [6, 6.07) is 14.5. The first-order valence-corrected chi connectivity index (χ1v) is 8.13. The molecular weight excluding hydrogens is 350 g/mol. The van der Waals surface area contributed by atoms with Crippen LogP contribution in [0.4, 0.5) is 0 Å². The van der Waals surface area contributed by atoms with E-state index in [4.69, 9.17) is 18.7 Å². The fraction of sp³-hybridized carbons (Fsp3) is 0.200. The van der Waals surface area contributed by atoms with Gasteiger partial charge in [0.1, 0.15) is 17.2 Å². The van der Waals surface area contributed by atoms with E-state index in [1.165, 1.54) is 7.11 Å². The van der Waals surface area contributed by atoms with Crippen LogP contribution in [0.25, 0.3) is 22.4 Å². The Morgan fingerprint density at radius 3 is 1.89 bits per heavy atom. The van der Waals surface area contributed by atoms with E-state index in [1.807, 2.05) is 24.3 Å². The molecule has 7 nitrogen and oxygen atoms in total. The van der Waals surface area contributed by atoms with Crippen molar-refractivity contribution in [2.75, 3.05) is 21.3 Å². The molecule has 27 heavy (non-hydrogen) atoms. The van der Waals surface area contributed by atoms with Gasteiger partial charge in [0.2, 0.25) is 6.10 Å². The van der Waals surface area contributed by atoms with Crippen molar-refractivity contribution in [2.45, 2.75) is 6.10 Å². The number of hydrogen-bond donors (Lipinski definition) is 1. The summed E-state index contributed by atoms with van der Waals surface area (Å²) in [7, 11) is 4.47. The summed E-state index contributed by atoms with van der Waals surface area (Å²) >= 11 is 0. The minimum Gasteiger partial charge on any atom is -0.497 e. The van der Waals surface area contributed by atoms with Crippen LogP contribution < -0.4 is 9.47 Å². The minimum absolute atomic E-state index is 0.126. The lowest BCUT2D eigenvalue weighted by atomic mass is 9.97. The average molecular weight is 369 g/mol. The summed E-state index contributed by atoms with van der Waals surface area (Å²) in [4.78, 5) is 11.6. The fourth-order valence-corrected chi connectivity index (χ4v) is 2.78. The van der Waals surface area contributed by atoms with Crippen molar-refractivity contribution < 1.29 is 28.6 Å². The summed E-state index contributed by atoms with van der Waals surface area (Å²) in [5.74, 6) is 0.351. The lowest BCUT2D eigenvalue weighted by molar-refractivity contribution is -0.150. The van der Waals surface area contributed by atoms with Gasteiger partial charge in [0.15, 0.2) is 5.76 Å². The van der Waals surface area contributed by atoms with E-state index in [2.05, 4.69) is 5.16 Å². The number of aliphatic carboxylic acids is 1. The monoisotopic (exact) mass is 369 g/mol. The number of rotatable bonds is 7. The normalized spacial score (nSPS) is 11.8. The molecular formula is C20H19NO6. The number of carboxylic acid groups (broad SMARTS) is 1. The molecule has 2 aromatic carbocycles. The minimum atomic E-state index is -1.28. The second-order valence-electron chi connectivity index (χ2n) is 5.68. The van der Waals surface area contributed by atoms with Gasteiger partial charge >= 0.3 is 5.97 Å². The van der Waals surface area contributed by atoms with E-state index in [1.54, 1.807) is 38.5 Å². The Labute approximate surface area is 156 Å². The van der Waals surface area contributed by atoms with Crippen LogP contribution in [0.1, 0.15) is 11.9 Å². The molecule has 3 aromatic rings. The second kappa shape index (κ2) is 7.92. The Kier molecular flexibility index (Phi) is 5.42. The van der Waals surface area contributed by atoms with Crippen molar-refractivity contribution in [3.05, 3.63) is 54.3 Å². The van der Waals surface area contributed by atoms with Gasteiger partial charge in [0.25, 0.3) is 0 Å². The second-order valence-corrected chi connectivity index (χ2v) is 5.68. The topological polar surface area (TPSA) is 91.0 Å². The maximum atomic E-state index is 11.6. The Morgan fingerprint density at radius 2 is 1.44 bits per heavy atom. The van der Waals surface area contributed by atoms with Gasteiger partial charge in [0.05, 0.1) is 19.8 Å². The number of ether oxygens (including phenoxy) is 3. The van der Waals surface area contributed by atoms with E-state index in [9.17, 15) is 9.90 Å². The van der Waals surface area contributed by atoms with Crippen LogP contribution in [0.3, 0.4) is 0 Å². The van der Waals surface area contributed by atoms with Crippen LogP contribution in [0.2, 0.25) is 0 Å². The highest BCUT2D eigenvalue weighted by Gasteiger charge is 2.31. The Hall–Kier alpha value is -3.32. The van der Waals surface area contributed by atoms with Gasteiger partial charge in [0, 0.05) is 12.7 Å². The zero-order valence-corrected chi connectivity index (χ0v) is 15.1. The highest BCUT2D eigenvalue weighted by Crippen LogP contribution is 2.39. The smallest absolute Gasteiger partial charge is 0.340 e. The molecule has 7 heteroatoms. The van der Waals surface area contributed by atoms with Crippen molar-refractivity contribution in [2.24, 2.45) is 0 Å². The summed E-state index contributed by atoms with van der Waals surface area (Å²) in [5.41, 5.74) is 2.57. The molecule has 0 amide bonds. The first-order valence-electron chi connectivity index (χ1n) is 8.13. The van der Waals surface area contributed by atoms with Crippen LogP contribution in [0, 0.1) is 0 Å². The van der Waals surface area contributed by atoms with E-state index in [0.717, 1.165) is 11.1 Å². The van der Waals surface area contributed by atoms with Crippen LogP contribution in [-0.2, 0) is 9.53 Å². The zero-order chi connectivity index (χ0) is 19.4. The molecule has 0 saturated heterocycles. The summed E-state index contributed by atoms with van der Waals surface area (Å²) in [6.07, 6.45) is -1.28. The molecule has 1 N–H and O–H groups in total. The van der Waals surface area contributed by atoms with Crippen molar-refractivity contribution in [3.63, 3.8) is 0 Å². The molecule has 0 radical (unpaired) electrons. The number of aromatic nitrogens is 1. The Balaban J connectivity index is 2.17. The van der Waals surface area contributed by atoms with E-state index >= 15 is 0 Å². The fourth-order valence-electron chi connectivity index (χ4n) is 2.78. The molecule has 0 aliphatic carbocycles. The van der Waals surface area contributed by atoms with Gasteiger partial charge < -0.3 is 23.8 Å². The summed E-state index contributed by atoms with van der Waals surface area (Å²) < 4.78 is 20.9. The molecule has 0 bridgehead atoms. The molecule has 0 fully saturated rings. The number of benzene rings is 2. The van der Waals surface area contributed by atoms with Gasteiger partial charge in [-0.3, -0.25) is 0 Å². The van der Waals surface area contributed by atoms with Gasteiger partial charge in [-0.2, -0.15) is 0 Å². The number of carbonyl (C=O) groups is 1. The van der Waals surface area contributed by atoms with E-state index in [0.29, 0.717) is 22.8 Å². The SMILES string of the molecule is COc1ccc(-c2noc(C(OC)C(=O)O)c2-c2ccc(OC)cc2)cc1. The molecule has 0 spiro atoms. The maximum absolute atomic E-state index is 11.6. The molecule has 140 valence electrons. The third-order valence-electron chi connectivity index (χ3n) is 4.16. The van der Waals surface area contributed by atoms with Crippen LogP contribution >= 0.6 is 0 Å². The van der Waals surface area contributed by atoms with Crippen LogP contribution in [-0.4, -0.2) is 37.6 Å². The Morgan fingerprint density at radius 1 is 0.926 bits per heavy atom. The standard InChI is InChI=1S/C20H19NO6/c1-24-14-8-4-12(5-9-14)16-17(13-6-10-15(25-2)11-7-13)21-27-18(16)19(26-3)20(22)23/h4-11,19H,1-3H3,(H,22,23). The van der Waals surface area contributed by atoms with Gasteiger partial charge in [-0.1, -0.05) is 17.3 Å². The number of methoxy groups -OCH3 is 3. The first kappa shape index (κ1) is 18.5. The van der Waals surface area contributed by atoms with Gasteiger partial charge in [-0.15, -0.1) is 0 Å². The quantitative estimate of drug-likeness (QED) is 0.677. The van der Waals surface area contributed by atoms with Gasteiger partial charge in [-0.05, 0) is 42.0 Å². The van der Waals surface area contributed by atoms with Crippen molar-refractivity contribution in [1.29, 1.82) is 0 Å². The Bertz CT molecular complexity index is 915. The third kappa shape index (κ3) is 3.63. The number of nitrogens with zero attached hydrogens (tertiary/aromatic N) is 1. The highest BCUT2D eigenvalue weighted by atomic mass is 16.5. The molecule has 0 saturated carbocycles. The maximum Gasteiger partial charge on any atom is 0.340 e. The largest absolute Gasteiger partial charge is 0.497 e. The molecule has 1 aromatic heterocycles. The van der Waals surface area contributed by atoms with Gasteiger partial charge in [-0.25, -0.2) is 4.79 Å². The van der Waals surface area contributed by atoms with E-state index in [-0.39, 0.29) is 5.76 Å². The zero-order valence-electron chi connectivity index (χ0n) is 15.1. The third-order valence-corrected chi connectivity index (χ3v) is 4.16. The van der Waals surface area contributed by atoms with Crippen LogP contribution in [0.5, 0.6) is 11.5 Å². The molecule has 1 heterocycles. The highest BCUT2D eigenvalue weighted by molar-refractivity contribution is 5.86. The molecule has 0 aliphatic heterocycles. The molecule has 0 aliphatic rings. The lowest BCUT2D eigenvalue weighted by Crippen LogP contribution is -2.13. The predicted octanol–water partition coefficient (Wildman–Crippen LogP) is 3.80. The number of hydrogen-bond acceptors (Lipinski definition) is 6. The summed E-state index contributed by atoms with van der Waals surface area (Å²) in [5, 5.41) is 13.6. The summed E-state index contributed by atoms with van der Waals surface area (Å²) in [6.45, 7) is 0. The first-order chi connectivity index (χ1) is 13.1. The molecule has 1 unspecified atom stereocenters. The average Bonchev–Trinajstić information content (AvgIpc) is 3.13. The van der Waals surface area contributed by atoms with Crippen molar-refractivity contribution in [3.8, 4) is 33.9 Å². The lowest BCUT2D eigenvalue weighted by Gasteiger charge is -2.11. The number of carboxylic acids is 1. The van der Waals surface area contributed by atoms with E-state index < -0.39 is 12.1 Å². The van der Waals surface area contributed by atoms with Crippen LogP contribution in [0.15, 0.2) is 53.1 Å². The van der Waals surface area contributed by atoms with Crippen molar-refractivity contribution in [1.82, 2.24) is 5.16 Å². The molecule has 1 atom stereocenters. The predicted molar refractivity (Wildman–Crippen MR) is 97.9 cm³/mol.